The average Bonchev–Trinajstić information content (AvgIpc) is 2.49. The average molecular weight is 300 g/mol. The number of rotatable bonds is 6. The summed E-state index contributed by atoms with van der Waals surface area (Å²) in [6.45, 7) is 1.79. The summed E-state index contributed by atoms with van der Waals surface area (Å²) in [5.74, 6) is -0.612. The SMILES string of the molecule is CC(=O)c1cccc(NC(=O)CCNc2ccccc2F)c1. The van der Waals surface area contributed by atoms with E-state index in [0.717, 1.165) is 0 Å². The number of carbonyl (C=O) groups is 2. The topological polar surface area (TPSA) is 58.2 Å². The number of anilines is 2. The van der Waals surface area contributed by atoms with Crippen molar-refractivity contribution in [3.63, 3.8) is 0 Å². The first-order chi connectivity index (χ1) is 10.6. The molecule has 2 rings (SSSR count). The van der Waals surface area contributed by atoms with Gasteiger partial charge in [0, 0.05) is 24.2 Å². The summed E-state index contributed by atoms with van der Waals surface area (Å²) in [6, 6.07) is 13.0. The molecular weight excluding hydrogens is 283 g/mol. The second-order valence-corrected chi connectivity index (χ2v) is 4.84. The molecule has 2 aromatic carbocycles. The van der Waals surface area contributed by atoms with Gasteiger partial charge in [-0.05, 0) is 31.2 Å². The van der Waals surface area contributed by atoms with Gasteiger partial charge in [-0.15, -0.1) is 0 Å². The highest BCUT2D eigenvalue weighted by atomic mass is 19.1. The minimum absolute atomic E-state index is 0.0580. The maximum Gasteiger partial charge on any atom is 0.226 e. The van der Waals surface area contributed by atoms with Crippen LogP contribution in [0.1, 0.15) is 23.7 Å². The van der Waals surface area contributed by atoms with Crippen molar-refractivity contribution >= 4 is 23.1 Å². The monoisotopic (exact) mass is 300 g/mol. The number of carbonyl (C=O) groups excluding carboxylic acids is 2. The van der Waals surface area contributed by atoms with Crippen LogP contribution in [0.25, 0.3) is 0 Å². The molecule has 0 atom stereocenters. The van der Waals surface area contributed by atoms with Crippen molar-refractivity contribution in [2.45, 2.75) is 13.3 Å². The standard InChI is InChI=1S/C17H17FN2O2/c1-12(21)13-5-4-6-14(11-13)20-17(22)9-10-19-16-8-3-2-7-15(16)18/h2-8,11,19H,9-10H2,1H3,(H,20,22). The zero-order valence-corrected chi connectivity index (χ0v) is 12.2. The summed E-state index contributed by atoms with van der Waals surface area (Å²) in [5.41, 5.74) is 1.49. The molecule has 0 radical (unpaired) electrons. The smallest absolute Gasteiger partial charge is 0.226 e. The number of amides is 1. The summed E-state index contributed by atoms with van der Waals surface area (Å²) in [7, 11) is 0. The van der Waals surface area contributed by atoms with Gasteiger partial charge in [0.2, 0.25) is 5.91 Å². The van der Waals surface area contributed by atoms with Crippen LogP contribution in [0.5, 0.6) is 0 Å². The van der Waals surface area contributed by atoms with Gasteiger partial charge in [-0.1, -0.05) is 24.3 Å². The van der Waals surface area contributed by atoms with E-state index in [1.54, 1.807) is 42.5 Å². The molecule has 0 bridgehead atoms. The molecule has 22 heavy (non-hydrogen) atoms. The molecule has 5 heteroatoms. The summed E-state index contributed by atoms with van der Waals surface area (Å²) in [6.07, 6.45) is 0.193. The molecule has 2 aromatic rings. The Bertz CT molecular complexity index is 686. The van der Waals surface area contributed by atoms with Crippen LogP contribution in [-0.2, 0) is 4.79 Å². The molecule has 1 amide bonds. The number of ketones is 1. The molecule has 4 nitrogen and oxygen atoms in total. The van der Waals surface area contributed by atoms with Crippen molar-refractivity contribution < 1.29 is 14.0 Å². The number of Topliss-reactive ketones (excluding diaryl/α,β-unsaturated/α-hetero) is 1. The Morgan fingerprint density at radius 1 is 1.09 bits per heavy atom. The minimum Gasteiger partial charge on any atom is -0.382 e. The van der Waals surface area contributed by atoms with Crippen LogP contribution >= 0.6 is 0 Å². The molecule has 0 saturated heterocycles. The summed E-state index contributed by atoms with van der Waals surface area (Å²) < 4.78 is 13.4. The molecule has 0 unspecified atom stereocenters. The molecule has 0 spiro atoms. The summed E-state index contributed by atoms with van der Waals surface area (Å²) in [5, 5.41) is 5.58. The molecule has 0 saturated carbocycles. The Morgan fingerprint density at radius 3 is 2.59 bits per heavy atom. The molecule has 0 fully saturated rings. The van der Waals surface area contributed by atoms with Gasteiger partial charge < -0.3 is 10.6 Å². The Balaban J connectivity index is 1.84. The van der Waals surface area contributed by atoms with Gasteiger partial charge in [-0.2, -0.15) is 0 Å². The molecule has 0 aromatic heterocycles. The lowest BCUT2D eigenvalue weighted by Crippen LogP contribution is -2.16. The molecule has 0 heterocycles. The van der Waals surface area contributed by atoms with E-state index < -0.39 is 0 Å². The zero-order chi connectivity index (χ0) is 15.9. The third-order valence-corrected chi connectivity index (χ3v) is 3.09. The van der Waals surface area contributed by atoms with Gasteiger partial charge in [-0.3, -0.25) is 9.59 Å². The van der Waals surface area contributed by atoms with E-state index in [0.29, 0.717) is 23.5 Å². The van der Waals surface area contributed by atoms with E-state index >= 15 is 0 Å². The highest BCUT2D eigenvalue weighted by Crippen LogP contribution is 2.13. The van der Waals surface area contributed by atoms with Gasteiger partial charge in [-0.25, -0.2) is 4.39 Å². The van der Waals surface area contributed by atoms with Crippen LogP contribution in [0.15, 0.2) is 48.5 Å². The highest BCUT2D eigenvalue weighted by molar-refractivity contribution is 5.97. The minimum atomic E-state index is -0.350. The van der Waals surface area contributed by atoms with Crippen LogP contribution in [-0.4, -0.2) is 18.2 Å². The van der Waals surface area contributed by atoms with Gasteiger partial charge in [0.15, 0.2) is 5.78 Å². The van der Waals surface area contributed by atoms with Crippen LogP contribution in [0.4, 0.5) is 15.8 Å². The first-order valence-corrected chi connectivity index (χ1v) is 6.95. The Kier molecular flexibility index (Phi) is 5.25. The van der Waals surface area contributed by atoms with Crippen molar-refractivity contribution in [1.82, 2.24) is 0 Å². The van der Waals surface area contributed by atoms with E-state index in [9.17, 15) is 14.0 Å². The van der Waals surface area contributed by atoms with Crippen molar-refractivity contribution in [3.8, 4) is 0 Å². The predicted octanol–water partition coefficient (Wildman–Crippen LogP) is 3.47. The molecule has 114 valence electrons. The van der Waals surface area contributed by atoms with Crippen molar-refractivity contribution in [3.05, 3.63) is 59.9 Å². The van der Waals surface area contributed by atoms with E-state index in [-0.39, 0.29) is 23.9 Å². The van der Waals surface area contributed by atoms with E-state index in [1.807, 2.05) is 0 Å². The highest BCUT2D eigenvalue weighted by Gasteiger charge is 2.05. The Hall–Kier alpha value is -2.69. The molecule has 0 aliphatic heterocycles. The van der Waals surface area contributed by atoms with E-state index in [1.165, 1.54) is 13.0 Å². The van der Waals surface area contributed by atoms with Crippen LogP contribution in [0, 0.1) is 5.82 Å². The number of halogens is 1. The van der Waals surface area contributed by atoms with Crippen LogP contribution in [0.3, 0.4) is 0 Å². The number of hydrogen-bond acceptors (Lipinski definition) is 3. The second-order valence-electron chi connectivity index (χ2n) is 4.84. The first-order valence-electron chi connectivity index (χ1n) is 6.95. The zero-order valence-electron chi connectivity index (χ0n) is 12.2. The van der Waals surface area contributed by atoms with Gasteiger partial charge in [0.05, 0.1) is 5.69 Å². The van der Waals surface area contributed by atoms with Crippen molar-refractivity contribution in [2.75, 3.05) is 17.2 Å². The quantitative estimate of drug-likeness (QED) is 0.803. The number of benzene rings is 2. The van der Waals surface area contributed by atoms with Crippen LogP contribution < -0.4 is 10.6 Å². The van der Waals surface area contributed by atoms with Gasteiger partial charge in [0.25, 0.3) is 0 Å². The molecular formula is C17H17FN2O2. The van der Waals surface area contributed by atoms with Crippen molar-refractivity contribution in [2.24, 2.45) is 0 Å². The van der Waals surface area contributed by atoms with Gasteiger partial charge in [0.1, 0.15) is 5.82 Å². The molecule has 0 aliphatic rings. The number of nitrogens with one attached hydrogen (secondary N) is 2. The fraction of sp³-hybridized carbons (Fsp3) is 0.176. The third kappa shape index (κ3) is 4.41. The van der Waals surface area contributed by atoms with Crippen LogP contribution in [0.2, 0.25) is 0 Å². The first kappa shape index (κ1) is 15.7. The fourth-order valence-electron chi connectivity index (χ4n) is 1.95. The lowest BCUT2D eigenvalue weighted by molar-refractivity contribution is -0.115. The summed E-state index contributed by atoms with van der Waals surface area (Å²) >= 11 is 0. The predicted molar refractivity (Wildman–Crippen MR) is 84.6 cm³/mol. The van der Waals surface area contributed by atoms with Gasteiger partial charge >= 0.3 is 0 Å². The lowest BCUT2D eigenvalue weighted by atomic mass is 10.1. The summed E-state index contributed by atoms with van der Waals surface area (Å²) in [4.78, 5) is 23.1. The lowest BCUT2D eigenvalue weighted by Gasteiger charge is -2.08. The maximum atomic E-state index is 13.4. The number of hydrogen-bond donors (Lipinski definition) is 2. The largest absolute Gasteiger partial charge is 0.382 e. The molecule has 2 N–H and O–H groups in total. The maximum absolute atomic E-state index is 13.4. The van der Waals surface area contributed by atoms with E-state index in [2.05, 4.69) is 10.6 Å². The third-order valence-electron chi connectivity index (χ3n) is 3.09. The fourth-order valence-corrected chi connectivity index (χ4v) is 1.95. The molecule has 0 aliphatic carbocycles. The van der Waals surface area contributed by atoms with E-state index in [4.69, 9.17) is 0 Å². The number of para-hydroxylation sites is 1. The Labute approximate surface area is 128 Å². The van der Waals surface area contributed by atoms with Crippen molar-refractivity contribution in [1.29, 1.82) is 0 Å². The normalized spacial score (nSPS) is 10.1. The second kappa shape index (κ2) is 7.36. The Morgan fingerprint density at radius 2 is 1.86 bits per heavy atom.